The molecule has 0 N–H and O–H groups in total. The number of halogens is 1. The first-order chi connectivity index (χ1) is 7.98. The molecule has 0 unspecified atom stereocenters. The number of rotatable bonds is 1. The number of pyridine rings is 2. The van der Waals surface area contributed by atoms with Gasteiger partial charge < -0.3 is 0 Å². The van der Waals surface area contributed by atoms with E-state index >= 15 is 0 Å². The van der Waals surface area contributed by atoms with Gasteiger partial charge in [-0.1, -0.05) is 32.4 Å². The van der Waals surface area contributed by atoms with E-state index in [0.717, 1.165) is 16.8 Å². The standard InChI is InChI=1S/C14H15ClN2/c1-14(2,3)13-11(4-5-12(15)17-13)10-6-8-16-9-7-10/h4-9H,1-3H3. The lowest BCUT2D eigenvalue weighted by Crippen LogP contribution is -2.15. The third kappa shape index (κ3) is 2.64. The molecule has 0 atom stereocenters. The van der Waals surface area contributed by atoms with Crippen LogP contribution in [0.2, 0.25) is 5.15 Å². The molecule has 88 valence electrons. The van der Waals surface area contributed by atoms with Gasteiger partial charge >= 0.3 is 0 Å². The van der Waals surface area contributed by atoms with Gasteiger partial charge in [-0.3, -0.25) is 4.98 Å². The summed E-state index contributed by atoms with van der Waals surface area (Å²) in [6, 6.07) is 7.82. The van der Waals surface area contributed by atoms with Crippen molar-refractivity contribution < 1.29 is 0 Å². The summed E-state index contributed by atoms with van der Waals surface area (Å²) in [5.41, 5.74) is 3.21. The molecule has 0 saturated carbocycles. The van der Waals surface area contributed by atoms with Crippen molar-refractivity contribution in [2.45, 2.75) is 26.2 Å². The first kappa shape index (κ1) is 12.1. The summed E-state index contributed by atoms with van der Waals surface area (Å²) >= 11 is 5.99. The van der Waals surface area contributed by atoms with E-state index in [1.54, 1.807) is 12.4 Å². The molecule has 0 saturated heterocycles. The minimum absolute atomic E-state index is 0.0382. The van der Waals surface area contributed by atoms with Gasteiger partial charge in [0.1, 0.15) is 5.15 Å². The topological polar surface area (TPSA) is 25.8 Å². The fourth-order valence-corrected chi connectivity index (χ4v) is 1.92. The summed E-state index contributed by atoms with van der Waals surface area (Å²) in [4.78, 5) is 8.50. The quantitative estimate of drug-likeness (QED) is 0.708. The average Bonchev–Trinajstić information content (AvgIpc) is 2.29. The molecule has 3 heteroatoms. The Morgan fingerprint density at radius 2 is 1.65 bits per heavy atom. The van der Waals surface area contributed by atoms with E-state index in [4.69, 9.17) is 11.6 Å². The molecule has 0 aromatic carbocycles. The molecular formula is C14H15ClN2. The van der Waals surface area contributed by atoms with E-state index in [-0.39, 0.29) is 5.41 Å². The summed E-state index contributed by atoms with van der Waals surface area (Å²) in [5.74, 6) is 0. The fourth-order valence-electron chi connectivity index (χ4n) is 1.77. The highest BCUT2D eigenvalue weighted by molar-refractivity contribution is 6.29. The maximum Gasteiger partial charge on any atom is 0.129 e. The van der Waals surface area contributed by atoms with E-state index in [1.165, 1.54) is 0 Å². The highest BCUT2D eigenvalue weighted by Gasteiger charge is 2.20. The lowest BCUT2D eigenvalue weighted by atomic mass is 9.86. The van der Waals surface area contributed by atoms with Crippen LogP contribution >= 0.6 is 11.6 Å². The Kier molecular flexibility index (Phi) is 3.16. The lowest BCUT2D eigenvalue weighted by Gasteiger charge is -2.21. The first-order valence-electron chi connectivity index (χ1n) is 5.56. The summed E-state index contributed by atoms with van der Waals surface area (Å²) < 4.78 is 0. The van der Waals surface area contributed by atoms with Crippen LogP contribution in [0.15, 0.2) is 36.7 Å². The van der Waals surface area contributed by atoms with Crippen molar-refractivity contribution in [3.63, 3.8) is 0 Å². The van der Waals surface area contributed by atoms with Crippen LogP contribution in [0.1, 0.15) is 26.5 Å². The number of hydrogen-bond acceptors (Lipinski definition) is 2. The second-order valence-corrected chi connectivity index (χ2v) is 5.40. The van der Waals surface area contributed by atoms with Gasteiger partial charge in [0, 0.05) is 23.4 Å². The van der Waals surface area contributed by atoms with E-state index < -0.39 is 0 Å². The van der Waals surface area contributed by atoms with Gasteiger partial charge in [0.15, 0.2) is 0 Å². The fraction of sp³-hybridized carbons (Fsp3) is 0.286. The molecule has 0 aliphatic heterocycles. The van der Waals surface area contributed by atoms with Crippen LogP contribution in [-0.4, -0.2) is 9.97 Å². The third-order valence-corrected chi connectivity index (χ3v) is 2.77. The maximum absolute atomic E-state index is 5.99. The number of nitrogens with zero attached hydrogens (tertiary/aromatic N) is 2. The summed E-state index contributed by atoms with van der Waals surface area (Å²) in [7, 11) is 0. The molecule has 2 rings (SSSR count). The van der Waals surface area contributed by atoms with Crippen LogP contribution in [0, 0.1) is 0 Å². The molecule has 2 aromatic heterocycles. The second kappa shape index (κ2) is 4.46. The molecule has 0 bridgehead atoms. The minimum Gasteiger partial charge on any atom is -0.265 e. The van der Waals surface area contributed by atoms with E-state index in [1.807, 2.05) is 24.3 Å². The van der Waals surface area contributed by atoms with Gasteiger partial charge in [0.2, 0.25) is 0 Å². The Morgan fingerprint density at radius 1 is 1.00 bits per heavy atom. The molecule has 0 radical (unpaired) electrons. The predicted molar refractivity (Wildman–Crippen MR) is 71.2 cm³/mol. The van der Waals surface area contributed by atoms with Gasteiger partial charge in [-0.15, -0.1) is 0 Å². The van der Waals surface area contributed by atoms with Gasteiger partial charge in [-0.05, 0) is 29.8 Å². The maximum atomic E-state index is 5.99. The van der Waals surface area contributed by atoms with Crippen molar-refractivity contribution in [2.75, 3.05) is 0 Å². The zero-order chi connectivity index (χ0) is 12.5. The molecule has 2 aromatic rings. The van der Waals surface area contributed by atoms with Crippen molar-refractivity contribution in [1.29, 1.82) is 0 Å². The van der Waals surface area contributed by atoms with Crippen molar-refractivity contribution in [3.8, 4) is 11.1 Å². The van der Waals surface area contributed by atoms with Crippen molar-refractivity contribution in [2.24, 2.45) is 0 Å². The molecule has 17 heavy (non-hydrogen) atoms. The van der Waals surface area contributed by atoms with Crippen LogP contribution in [-0.2, 0) is 5.41 Å². The van der Waals surface area contributed by atoms with Gasteiger partial charge in [0.25, 0.3) is 0 Å². The van der Waals surface area contributed by atoms with Gasteiger partial charge in [0.05, 0.1) is 5.69 Å². The van der Waals surface area contributed by atoms with Crippen LogP contribution in [0.3, 0.4) is 0 Å². The molecule has 0 spiro atoms. The molecule has 0 aliphatic rings. The smallest absolute Gasteiger partial charge is 0.129 e. The molecular weight excluding hydrogens is 232 g/mol. The third-order valence-electron chi connectivity index (χ3n) is 2.56. The SMILES string of the molecule is CC(C)(C)c1nc(Cl)ccc1-c1ccncc1. The highest BCUT2D eigenvalue weighted by atomic mass is 35.5. The minimum atomic E-state index is -0.0382. The second-order valence-electron chi connectivity index (χ2n) is 5.02. The molecule has 0 amide bonds. The normalized spacial score (nSPS) is 11.5. The van der Waals surface area contributed by atoms with Crippen molar-refractivity contribution >= 4 is 11.6 Å². The van der Waals surface area contributed by atoms with E-state index in [9.17, 15) is 0 Å². The molecule has 2 nitrogen and oxygen atoms in total. The van der Waals surface area contributed by atoms with Crippen molar-refractivity contribution in [1.82, 2.24) is 9.97 Å². The Bertz CT molecular complexity index is 515. The zero-order valence-electron chi connectivity index (χ0n) is 10.2. The largest absolute Gasteiger partial charge is 0.265 e. The summed E-state index contributed by atoms with van der Waals surface area (Å²) in [6.07, 6.45) is 3.58. The summed E-state index contributed by atoms with van der Waals surface area (Å²) in [6.45, 7) is 6.41. The van der Waals surface area contributed by atoms with Gasteiger partial charge in [-0.25, -0.2) is 4.98 Å². The lowest BCUT2D eigenvalue weighted by molar-refractivity contribution is 0.571. The monoisotopic (exact) mass is 246 g/mol. The average molecular weight is 247 g/mol. The number of hydrogen-bond donors (Lipinski definition) is 0. The van der Waals surface area contributed by atoms with E-state index in [0.29, 0.717) is 5.15 Å². The molecule has 0 aliphatic carbocycles. The first-order valence-corrected chi connectivity index (χ1v) is 5.94. The van der Waals surface area contributed by atoms with Crippen LogP contribution in [0.5, 0.6) is 0 Å². The number of aromatic nitrogens is 2. The Morgan fingerprint density at radius 3 is 2.24 bits per heavy atom. The Hall–Kier alpha value is -1.41. The van der Waals surface area contributed by atoms with Crippen LogP contribution in [0.4, 0.5) is 0 Å². The van der Waals surface area contributed by atoms with Crippen LogP contribution < -0.4 is 0 Å². The highest BCUT2D eigenvalue weighted by Crippen LogP contribution is 2.32. The summed E-state index contributed by atoms with van der Waals surface area (Å²) in [5, 5.41) is 0.535. The van der Waals surface area contributed by atoms with Crippen LogP contribution in [0.25, 0.3) is 11.1 Å². The van der Waals surface area contributed by atoms with Gasteiger partial charge in [-0.2, -0.15) is 0 Å². The molecule has 2 heterocycles. The molecule has 0 fully saturated rings. The Labute approximate surface area is 107 Å². The van der Waals surface area contributed by atoms with Crippen molar-refractivity contribution in [3.05, 3.63) is 47.5 Å². The zero-order valence-corrected chi connectivity index (χ0v) is 11.0. The Balaban J connectivity index is 2.63. The van der Waals surface area contributed by atoms with E-state index in [2.05, 4.69) is 30.7 Å². The predicted octanol–water partition coefficient (Wildman–Crippen LogP) is 4.09.